The Labute approximate surface area is 81.7 Å². The first-order chi connectivity index (χ1) is 6.74. The number of hydrogen-bond donors (Lipinski definition) is 3. The highest BCUT2D eigenvalue weighted by Crippen LogP contribution is 1.95. The fourth-order valence-corrected chi connectivity index (χ4v) is 0.958. The van der Waals surface area contributed by atoms with Gasteiger partial charge in [0.2, 0.25) is 0 Å². The third kappa shape index (κ3) is 3.14. The lowest BCUT2D eigenvalue weighted by atomic mass is 10.2. The highest BCUT2D eigenvalue weighted by Gasteiger charge is 2.08. The first kappa shape index (κ1) is 10.6. The number of H-pyrrole nitrogens is 1. The van der Waals surface area contributed by atoms with Crippen molar-refractivity contribution in [2.45, 2.75) is 25.9 Å². The Morgan fingerprint density at radius 1 is 1.79 bits per heavy atom. The van der Waals surface area contributed by atoms with Gasteiger partial charge < -0.3 is 10.4 Å². The molecular formula is C8H14N4O2. The summed E-state index contributed by atoms with van der Waals surface area (Å²) < 4.78 is 0. The van der Waals surface area contributed by atoms with Crippen LogP contribution in [0.15, 0.2) is 6.20 Å². The van der Waals surface area contributed by atoms with E-state index in [1.54, 1.807) is 0 Å². The molecule has 3 N–H and O–H groups in total. The Bertz CT molecular complexity index is 273. The number of amides is 1. The average molecular weight is 198 g/mol. The van der Waals surface area contributed by atoms with E-state index in [2.05, 4.69) is 20.7 Å². The molecule has 1 aromatic heterocycles. The molecule has 6 nitrogen and oxygen atoms in total. The highest BCUT2D eigenvalue weighted by atomic mass is 16.3. The molecule has 0 aliphatic heterocycles. The van der Waals surface area contributed by atoms with Gasteiger partial charge in [-0.05, 0) is 12.8 Å². The van der Waals surface area contributed by atoms with Crippen molar-refractivity contribution >= 4 is 5.91 Å². The van der Waals surface area contributed by atoms with Crippen molar-refractivity contribution in [3.8, 4) is 0 Å². The van der Waals surface area contributed by atoms with Crippen LogP contribution in [0, 0.1) is 0 Å². The number of aromatic nitrogens is 3. The molecule has 0 saturated heterocycles. The second-order valence-electron chi connectivity index (χ2n) is 2.96. The van der Waals surface area contributed by atoms with Crippen LogP contribution in [0.1, 0.15) is 30.3 Å². The van der Waals surface area contributed by atoms with Gasteiger partial charge in [0.25, 0.3) is 5.91 Å². The number of nitrogens with one attached hydrogen (secondary N) is 2. The molecule has 0 saturated carbocycles. The quantitative estimate of drug-likeness (QED) is 0.605. The van der Waals surface area contributed by atoms with Crippen LogP contribution in [0.5, 0.6) is 0 Å². The number of rotatable bonds is 5. The summed E-state index contributed by atoms with van der Waals surface area (Å²) in [5.41, 5.74) is 0.260. The topological polar surface area (TPSA) is 90.9 Å². The number of carbonyl (C=O) groups is 1. The van der Waals surface area contributed by atoms with Crippen LogP contribution in [-0.4, -0.2) is 39.1 Å². The first-order valence-electron chi connectivity index (χ1n) is 4.56. The van der Waals surface area contributed by atoms with E-state index in [0.717, 1.165) is 0 Å². The van der Waals surface area contributed by atoms with Gasteiger partial charge in [-0.1, -0.05) is 6.92 Å². The zero-order valence-corrected chi connectivity index (χ0v) is 8.03. The number of aliphatic hydroxyl groups is 1. The molecule has 1 amide bonds. The minimum atomic E-state index is -0.354. The zero-order chi connectivity index (χ0) is 10.4. The minimum Gasteiger partial charge on any atom is -0.393 e. The van der Waals surface area contributed by atoms with Gasteiger partial charge in [0.1, 0.15) is 0 Å². The van der Waals surface area contributed by atoms with E-state index in [4.69, 9.17) is 0 Å². The number of hydrogen-bond acceptors (Lipinski definition) is 4. The summed E-state index contributed by atoms with van der Waals surface area (Å²) in [5.74, 6) is -0.276. The standard InChI is InChI=1S/C8H14N4O2/c1-2-6(13)3-4-9-8(14)7-5-10-12-11-7/h5-6,13H,2-4H2,1H3,(H,9,14)(H,10,11,12). The van der Waals surface area contributed by atoms with Gasteiger partial charge in [-0.25, -0.2) is 0 Å². The Morgan fingerprint density at radius 3 is 3.14 bits per heavy atom. The van der Waals surface area contributed by atoms with Gasteiger partial charge in [0.05, 0.1) is 12.3 Å². The molecule has 1 heterocycles. The van der Waals surface area contributed by atoms with E-state index in [0.29, 0.717) is 19.4 Å². The molecule has 0 aliphatic carbocycles. The van der Waals surface area contributed by atoms with Crippen molar-refractivity contribution in [1.82, 2.24) is 20.7 Å². The molecule has 0 bridgehead atoms. The van der Waals surface area contributed by atoms with Crippen LogP contribution in [-0.2, 0) is 0 Å². The molecule has 1 aromatic rings. The predicted octanol–water partition coefficient (Wildman–Crippen LogP) is -0.305. The smallest absolute Gasteiger partial charge is 0.273 e. The summed E-state index contributed by atoms with van der Waals surface area (Å²) in [4.78, 5) is 11.3. The normalized spacial score (nSPS) is 12.4. The van der Waals surface area contributed by atoms with E-state index in [9.17, 15) is 9.90 Å². The lowest BCUT2D eigenvalue weighted by Crippen LogP contribution is -2.27. The third-order valence-electron chi connectivity index (χ3n) is 1.88. The fraction of sp³-hybridized carbons (Fsp3) is 0.625. The molecule has 6 heteroatoms. The predicted molar refractivity (Wildman–Crippen MR) is 49.6 cm³/mol. The van der Waals surface area contributed by atoms with Crippen molar-refractivity contribution in [3.05, 3.63) is 11.9 Å². The monoisotopic (exact) mass is 198 g/mol. The van der Waals surface area contributed by atoms with Crippen LogP contribution in [0.2, 0.25) is 0 Å². The average Bonchev–Trinajstić information content (AvgIpc) is 2.70. The summed E-state index contributed by atoms with van der Waals surface area (Å²) in [6, 6.07) is 0. The van der Waals surface area contributed by atoms with Crippen molar-refractivity contribution in [2.75, 3.05) is 6.54 Å². The van der Waals surface area contributed by atoms with E-state index >= 15 is 0 Å². The Morgan fingerprint density at radius 2 is 2.57 bits per heavy atom. The summed E-state index contributed by atoms with van der Waals surface area (Å²) in [6.45, 7) is 2.34. The van der Waals surface area contributed by atoms with Crippen molar-refractivity contribution < 1.29 is 9.90 Å². The first-order valence-corrected chi connectivity index (χ1v) is 4.56. The van der Waals surface area contributed by atoms with Crippen molar-refractivity contribution in [2.24, 2.45) is 0 Å². The maximum Gasteiger partial charge on any atom is 0.273 e. The van der Waals surface area contributed by atoms with Crippen LogP contribution in [0.25, 0.3) is 0 Å². The molecule has 1 rings (SSSR count). The molecule has 0 fully saturated rings. The van der Waals surface area contributed by atoms with E-state index in [1.807, 2.05) is 6.92 Å². The highest BCUT2D eigenvalue weighted by molar-refractivity contribution is 5.91. The molecular weight excluding hydrogens is 184 g/mol. The summed E-state index contributed by atoms with van der Waals surface area (Å²) in [6.07, 6.45) is 2.25. The maximum absolute atomic E-state index is 11.3. The molecule has 0 radical (unpaired) electrons. The number of aromatic amines is 1. The van der Waals surface area contributed by atoms with Crippen LogP contribution < -0.4 is 5.32 Å². The number of carbonyl (C=O) groups excluding carboxylic acids is 1. The Balaban J connectivity index is 2.23. The SMILES string of the molecule is CCC(O)CCNC(=O)c1cn[nH]n1. The van der Waals surface area contributed by atoms with Gasteiger partial charge in [-0.2, -0.15) is 15.4 Å². The second-order valence-corrected chi connectivity index (χ2v) is 2.96. The Hall–Kier alpha value is -1.43. The Kier molecular flexibility index (Phi) is 4.06. The zero-order valence-electron chi connectivity index (χ0n) is 8.03. The fourth-order valence-electron chi connectivity index (χ4n) is 0.958. The molecule has 14 heavy (non-hydrogen) atoms. The number of nitrogens with zero attached hydrogens (tertiary/aromatic N) is 2. The van der Waals surface area contributed by atoms with E-state index < -0.39 is 0 Å². The lowest BCUT2D eigenvalue weighted by molar-refractivity contribution is 0.0937. The van der Waals surface area contributed by atoms with Gasteiger partial charge >= 0.3 is 0 Å². The van der Waals surface area contributed by atoms with Crippen LogP contribution in [0.3, 0.4) is 0 Å². The maximum atomic E-state index is 11.3. The van der Waals surface area contributed by atoms with Gasteiger partial charge in [0.15, 0.2) is 5.69 Å². The van der Waals surface area contributed by atoms with Gasteiger partial charge in [-0.15, -0.1) is 0 Å². The van der Waals surface area contributed by atoms with E-state index in [1.165, 1.54) is 6.20 Å². The summed E-state index contributed by atoms with van der Waals surface area (Å²) in [7, 11) is 0. The molecule has 0 spiro atoms. The van der Waals surface area contributed by atoms with E-state index in [-0.39, 0.29) is 17.7 Å². The largest absolute Gasteiger partial charge is 0.393 e. The minimum absolute atomic E-state index is 0.260. The van der Waals surface area contributed by atoms with Crippen LogP contribution in [0.4, 0.5) is 0 Å². The molecule has 0 aromatic carbocycles. The summed E-state index contributed by atoms with van der Waals surface area (Å²) in [5, 5.41) is 21.3. The van der Waals surface area contributed by atoms with Gasteiger partial charge in [-0.3, -0.25) is 4.79 Å². The molecule has 1 atom stereocenters. The summed E-state index contributed by atoms with van der Waals surface area (Å²) >= 11 is 0. The lowest BCUT2D eigenvalue weighted by Gasteiger charge is -2.07. The molecule has 1 unspecified atom stereocenters. The number of aliphatic hydroxyl groups excluding tert-OH is 1. The van der Waals surface area contributed by atoms with Gasteiger partial charge in [0, 0.05) is 6.54 Å². The molecule has 0 aliphatic rings. The third-order valence-corrected chi connectivity index (χ3v) is 1.88. The van der Waals surface area contributed by atoms with Crippen LogP contribution >= 0.6 is 0 Å². The second kappa shape index (κ2) is 5.33. The molecule has 78 valence electrons. The van der Waals surface area contributed by atoms with Crippen molar-refractivity contribution in [1.29, 1.82) is 0 Å². The van der Waals surface area contributed by atoms with Crippen molar-refractivity contribution in [3.63, 3.8) is 0 Å².